The number of benzene rings is 2. The summed E-state index contributed by atoms with van der Waals surface area (Å²) in [7, 11) is 0. The van der Waals surface area contributed by atoms with Crippen molar-refractivity contribution in [2.75, 3.05) is 17.2 Å². The van der Waals surface area contributed by atoms with E-state index < -0.39 is 11.7 Å². The molecule has 1 fully saturated rings. The minimum Gasteiger partial charge on any atom is -0.370 e. The van der Waals surface area contributed by atoms with E-state index >= 15 is 0 Å². The molecule has 1 aliphatic rings. The van der Waals surface area contributed by atoms with E-state index in [1.165, 1.54) is 31.4 Å². The molecule has 1 aliphatic carbocycles. The smallest absolute Gasteiger partial charge is 0.370 e. The monoisotopic (exact) mass is 427 g/mol. The summed E-state index contributed by atoms with van der Waals surface area (Å²) in [6.07, 6.45) is 0.0798. The van der Waals surface area contributed by atoms with E-state index in [0.29, 0.717) is 17.7 Å². The summed E-state index contributed by atoms with van der Waals surface area (Å²) < 4.78 is 37.9. The molecular formula is C24H24F3N3O. The second-order valence-electron chi connectivity index (χ2n) is 8.02. The van der Waals surface area contributed by atoms with Crippen LogP contribution in [0.5, 0.6) is 0 Å². The molecule has 0 unspecified atom stereocenters. The predicted molar refractivity (Wildman–Crippen MR) is 116 cm³/mol. The molecule has 0 atom stereocenters. The number of nitrogens with zero attached hydrogens (tertiary/aromatic N) is 1. The van der Waals surface area contributed by atoms with Gasteiger partial charge < -0.3 is 10.6 Å². The number of nitrogens with one attached hydrogen (secondary N) is 2. The second kappa shape index (κ2) is 8.96. The van der Waals surface area contributed by atoms with Crippen LogP contribution < -0.4 is 10.6 Å². The first-order valence-electron chi connectivity index (χ1n) is 10.5. The van der Waals surface area contributed by atoms with Crippen molar-refractivity contribution in [1.82, 2.24) is 4.98 Å². The van der Waals surface area contributed by atoms with E-state index in [9.17, 15) is 18.0 Å². The van der Waals surface area contributed by atoms with Crippen molar-refractivity contribution < 1.29 is 18.0 Å². The van der Waals surface area contributed by atoms with Gasteiger partial charge >= 0.3 is 6.18 Å². The molecule has 4 nitrogen and oxygen atoms in total. The second-order valence-corrected chi connectivity index (χ2v) is 8.02. The summed E-state index contributed by atoms with van der Waals surface area (Å²) in [6.45, 7) is 0.950. The third-order valence-electron chi connectivity index (χ3n) is 5.69. The quantitative estimate of drug-likeness (QED) is 0.484. The van der Waals surface area contributed by atoms with Gasteiger partial charge in [0, 0.05) is 24.0 Å². The van der Waals surface area contributed by atoms with Crippen LogP contribution in [-0.2, 0) is 17.4 Å². The van der Waals surface area contributed by atoms with Gasteiger partial charge in [0.2, 0.25) is 5.91 Å². The van der Waals surface area contributed by atoms with E-state index in [1.807, 2.05) is 24.3 Å². The lowest BCUT2D eigenvalue weighted by Gasteiger charge is -2.25. The Balaban J connectivity index is 1.31. The zero-order valence-electron chi connectivity index (χ0n) is 17.0. The summed E-state index contributed by atoms with van der Waals surface area (Å²) in [5.41, 5.74) is 1.52. The van der Waals surface area contributed by atoms with E-state index in [-0.39, 0.29) is 12.3 Å². The third kappa shape index (κ3) is 5.54. The molecule has 0 bridgehead atoms. The zero-order valence-corrected chi connectivity index (χ0v) is 17.0. The number of hydrogen-bond donors (Lipinski definition) is 2. The molecule has 7 heteroatoms. The Morgan fingerprint density at radius 2 is 1.81 bits per heavy atom. The van der Waals surface area contributed by atoms with Crippen LogP contribution in [0, 0.1) is 5.92 Å². The van der Waals surface area contributed by atoms with Crippen LogP contribution in [0.2, 0.25) is 0 Å². The first kappa shape index (κ1) is 21.2. The standard InChI is InChI=1S/C24H24F3N3O/c25-24(26,27)19-8-4-16(5-9-19)6-13-23(31)29-20-10-11-21-18(14-20)7-12-22(30-21)28-15-17-2-1-3-17/h4-5,7-12,14,17H,1-3,6,13,15H2,(H,28,30)(H,29,31). The van der Waals surface area contributed by atoms with Crippen molar-refractivity contribution in [2.24, 2.45) is 5.92 Å². The molecule has 0 radical (unpaired) electrons. The molecule has 3 aromatic rings. The number of carbonyl (C=O) groups excluding carboxylic acids is 1. The van der Waals surface area contributed by atoms with E-state index in [2.05, 4.69) is 15.6 Å². The SMILES string of the molecule is O=C(CCc1ccc(C(F)(F)F)cc1)Nc1ccc2nc(NCC3CCC3)ccc2c1. The molecule has 0 spiro atoms. The average Bonchev–Trinajstić information content (AvgIpc) is 2.71. The molecule has 0 saturated heterocycles. The average molecular weight is 427 g/mol. The highest BCUT2D eigenvalue weighted by Gasteiger charge is 2.29. The lowest BCUT2D eigenvalue weighted by atomic mass is 9.85. The lowest BCUT2D eigenvalue weighted by molar-refractivity contribution is -0.137. The number of aryl methyl sites for hydroxylation is 1. The highest BCUT2D eigenvalue weighted by atomic mass is 19.4. The van der Waals surface area contributed by atoms with Crippen molar-refractivity contribution in [3.05, 3.63) is 65.7 Å². The van der Waals surface area contributed by atoms with Gasteiger partial charge in [-0.2, -0.15) is 13.2 Å². The first-order valence-corrected chi connectivity index (χ1v) is 10.5. The Morgan fingerprint density at radius 3 is 2.48 bits per heavy atom. The van der Waals surface area contributed by atoms with Gasteiger partial charge in [-0.1, -0.05) is 18.6 Å². The summed E-state index contributed by atoms with van der Waals surface area (Å²) in [6, 6.07) is 14.4. The normalized spacial score (nSPS) is 14.3. The largest absolute Gasteiger partial charge is 0.416 e. The number of hydrogen-bond acceptors (Lipinski definition) is 3. The number of amides is 1. The van der Waals surface area contributed by atoms with Gasteiger partial charge in [0.1, 0.15) is 5.82 Å². The first-order chi connectivity index (χ1) is 14.9. The fourth-order valence-electron chi connectivity index (χ4n) is 3.59. The van der Waals surface area contributed by atoms with E-state index in [4.69, 9.17) is 0 Å². The maximum absolute atomic E-state index is 12.6. The molecule has 2 N–H and O–H groups in total. The molecule has 31 heavy (non-hydrogen) atoms. The molecular weight excluding hydrogens is 403 g/mol. The number of pyridine rings is 1. The van der Waals surface area contributed by atoms with Crippen LogP contribution in [0.4, 0.5) is 24.7 Å². The number of rotatable bonds is 7. The van der Waals surface area contributed by atoms with Gasteiger partial charge in [-0.05, 0) is 73.2 Å². The molecule has 162 valence electrons. The van der Waals surface area contributed by atoms with Gasteiger partial charge in [-0.15, -0.1) is 0 Å². The molecule has 1 saturated carbocycles. The van der Waals surface area contributed by atoms with E-state index in [0.717, 1.165) is 41.3 Å². The Morgan fingerprint density at radius 1 is 1.03 bits per heavy atom. The van der Waals surface area contributed by atoms with Gasteiger partial charge in [-0.25, -0.2) is 4.98 Å². The maximum atomic E-state index is 12.6. The molecule has 0 aliphatic heterocycles. The third-order valence-corrected chi connectivity index (χ3v) is 5.69. The number of anilines is 2. The van der Waals surface area contributed by atoms with Gasteiger partial charge in [0.05, 0.1) is 11.1 Å². The number of alkyl halides is 3. The minimum atomic E-state index is -4.35. The summed E-state index contributed by atoms with van der Waals surface area (Å²) in [4.78, 5) is 16.9. The fourth-order valence-corrected chi connectivity index (χ4v) is 3.59. The Hall–Kier alpha value is -3.09. The Kier molecular flexibility index (Phi) is 6.11. The summed E-state index contributed by atoms with van der Waals surface area (Å²) in [5, 5.41) is 7.16. The number of fused-ring (bicyclic) bond motifs is 1. The fraction of sp³-hybridized carbons (Fsp3) is 0.333. The van der Waals surface area contributed by atoms with Crippen LogP contribution in [0.15, 0.2) is 54.6 Å². The molecule has 1 heterocycles. The summed E-state index contributed by atoms with van der Waals surface area (Å²) >= 11 is 0. The number of halogens is 3. The maximum Gasteiger partial charge on any atom is 0.416 e. The van der Waals surface area contributed by atoms with Crippen LogP contribution in [0.25, 0.3) is 10.9 Å². The Labute approximate surface area is 178 Å². The molecule has 4 rings (SSSR count). The van der Waals surface area contributed by atoms with Crippen molar-refractivity contribution >= 4 is 28.3 Å². The molecule has 1 aromatic heterocycles. The van der Waals surface area contributed by atoms with Crippen LogP contribution in [0.1, 0.15) is 36.8 Å². The molecule has 1 amide bonds. The highest BCUT2D eigenvalue weighted by molar-refractivity contribution is 5.94. The zero-order chi connectivity index (χ0) is 21.8. The van der Waals surface area contributed by atoms with Crippen molar-refractivity contribution in [1.29, 1.82) is 0 Å². The van der Waals surface area contributed by atoms with E-state index in [1.54, 1.807) is 6.07 Å². The lowest BCUT2D eigenvalue weighted by Crippen LogP contribution is -2.21. The highest BCUT2D eigenvalue weighted by Crippen LogP contribution is 2.29. The predicted octanol–water partition coefficient (Wildman–Crippen LogP) is 6.04. The van der Waals surface area contributed by atoms with Gasteiger partial charge in [0.15, 0.2) is 0 Å². The summed E-state index contributed by atoms with van der Waals surface area (Å²) in [5.74, 6) is 1.41. The minimum absolute atomic E-state index is 0.186. The van der Waals surface area contributed by atoms with Crippen LogP contribution >= 0.6 is 0 Å². The molecule has 2 aromatic carbocycles. The van der Waals surface area contributed by atoms with Crippen molar-refractivity contribution in [3.8, 4) is 0 Å². The van der Waals surface area contributed by atoms with Gasteiger partial charge in [0.25, 0.3) is 0 Å². The number of aromatic nitrogens is 1. The van der Waals surface area contributed by atoms with Crippen molar-refractivity contribution in [2.45, 2.75) is 38.3 Å². The Bertz CT molecular complexity index is 1060. The topological polar surface area (TPSA) is 54.0 Å². The van der Waals surface area contributed by atoms with Crippen molar-refractivity contribution in [3.63, 3.8) is 0 Å². The van der Waals surface area contributed by atoms with Crippen LogP contribution in [0.3, 0.4) is 0 Å². The van der Waals surface area contributed by atoms with Gasteiger partial charge in [-0.3, -0.25) is 4.79 Å². The van der Waals surface area contributed by atoms with Crippen LogP contribution in [-0.4, -0.2) is 17.4 Å². The number of carbonyl (C=O) groups is 1.